The number of carbonyl (C=O) groups is 1. The van der Waals surface area contributed by atoms with E-state index < -0.39 is 10.0 Å². The molecule has 1 amide bonds. The second-order valence-corrected chi connectivity index (χ2v) is 10.3. The number of anilines is 1. The SMILES string of the molecule is CC1CC(C)CN(S(=O)(=O)c2cccc(C(=O)N(c3ccccc3)C(C)C)c2)C1. The van der Waals surface area contributed by atoms with Gasteiger partial charge in [0.05, 0.1) is 4.90 Å². The van der Waals surface area contributed by atoms with E-state index in [9.17, 15) is 13.2 Å². The van der Waals surface area contributed by atoms with Crippen LogP contribution in [0.1, 0.15) is 44.5 Å². The molecule has 0 saturated carbocycles. The molecule has 0 bridgehead atoms. The molecule has 2 unspecified atom stereocenters. The largest absolute Gasteiger partial charge is 0.306 e. The van der Waals surface area contributed by atoms with Crippen molar-refractivity contribution in [2.24, 2.45) is 11.8 Å². The molecule has 29 heavy (non-hydrogen) atoms. The van der Waals surface area contributed by atoms with E-state index in [2.05, 4.69) is 13.8 Å². The predicted octanol–water partition coefficient (Wildman–Crippen LogP) is 4.41. The summed E-state index contributed by atoms with van der Waals surface area (Å²) in [7, 11) is -3.63. The lowest BCUT2D eigenvalue weighted by Crippen LogP contribution is -2.42. The van der Waals surface area contributed by atoms with Gasteiger partial charge in [-0.2, -0.15) is 4.31 Å². The number of amides is 1. The van der Waals surface area contributed by atoms with Crippen LogP contribution in [-0.4, -0.2) is 37.8 Å². The van der Waals surface area contributed by atoms with Gasteiger partial charge in [0.2, 0.25) is 10.0 Å². The van der Waals surface area contributed by atoms with E-state index in [1.165, 1.54) is 6.07 Å². The van der Waals surface area contributed by atoms with Gasteiger partial charge in [-0.05, 0) is 62.4 Å². The maximum absolute atomic E-state index is 13.3. The Balaban J connectivity index is 1.93. The summed E-state index contributed by atoms with van der Waals surface area (Å²) < 4.78 is 28.0. The van der Waals surface area contributed by atoms with Gasteiger partial charge < -0.3 is 4.90 Å². The fraction of sp³-hybridized carbons (Fsp3) is 0.435. The number of rotatable bonds is 5. The van der Waals surface area contributed by atoms with E-state index in [1.54, 1.807) is 27.4 Å². The molecule has 156 valence electrons. The second-order valence-electron chi connectivity index (χ2n) is 8.40. The molecule has 3 rings (SSSR count). The summed E-state index contributed by atoms with van der Waals surface area (Å²) in [5, 5.41) is 0. The maximum atomic E-state index is 13.3. The summed E-state index contributed by atoms with van der Waals surface area (Å²) in [6.45, 7) is 9.10. The zero-order chi connectivity index (χ0) is 21.2. The van der Waals surface area contributed by atoms with Crippen LogP contribution in [0.2, 0.25) is 0 Å². The van der Waals surface area contributed by atoms with Gasteiger partial charge in [0.1, 0.15) is 0 Å². The van der Waals surface area contributed by atoms with Crippen LogP contribution in [0.4, 0.5) is 5.69 Å². The number of sulfonamides is 1. The van der Waals surface area contributed by atoms with Crippen LogP contribution < -0.4 is 4.90 Å². The van der Waals surface area contributed by atoms with Crippen molar-refractivity contribution in [1.29, 1.82) is 0 Å². The average Bonchev–Trinajstić information content (AvgIpc) is 2.68. The van der Waals surface area contributed by atoms with Crippen molar-refractivity contribution in [2.75, 3.05) is 18.0 Å². The molecule has 1 saturated heterocycles. The van der Waals surface area contributed by atoms with Crippen LogP contribution in [0, 0.1) is 11.8 Å². The molecule has 6 heteroatoms. The first-order valence-electron chi connectivity index (χ1n) is 10.2. The van der Waals surface area contributed by atoms with Gasteiger partial charge in [-0.1, -0.05) is 38.1 Å². The molecule has 0 aromatic heterocycles. The highest BCUT2D eigenvalue weighted by molar-refractivity contribution is 7.89. The van der Waals surface area contributed by atoms with Gasteiger partial charge >= 0.3 is 0 Å². The fourth-order valence-electron chi connectivity index (χ4n) is 4.12. The van der Waals surface area contributed by atoms with Gasteiger partial charge in [0.15, 0.2) is 0 Å². The van der Waals surface area contributed by atoms with Crippen molar-refractivity contribution in [2.45, 2.75) is 45.1 Å². The van der Waals surface area contributed by atoms with Crippen molar-refractivity contribution >= 4 is 21.6 Å². The Bertz CT molecular complexity index is 947. The van der Waals surface area contributed by atoms with Crippen LogP contribution in [0.15, 0.2) is 59.5 Å². The van der Waals surface area contributed by atoms with Crippen molar-refractivity contribution < 1.29 is 13.2 Å². The first kappa shape index (κ1) is 21.5. The van der Waals surface area contributed by atoms with Gasteiger partial charge in [0.25, 0.3) is 5.91 Å². The molecular formula is C23H30N2O3S. The first-order valence-corrected chi connectivity index (χ1v) is 11.6. The minimum atomic E-state index is -3.63. The predicted molar refractivity (Wildman–Crippen MR) is 117 cm³/mol. The summed E-state index contributed by atoms with van der Waals surface area (Å²) in [6.07, 6.45) is 1.03. The molecule has 1 aliphatic heterocycles. The van der Waals surface area contributed by atoms with E-state index in [1.807, 2.05) is 44.2 Å². The number of piperidine rings is 1. The zero-order valence-electron chi connectivity index (χ0n) is 17.6. The molecule has 0 N–H and O–H groups in total. The molecule has 0 spiro atoms. The third-order valence-electron chi connectivity index (χ3n) is 5.32. The molecule has 0 aliphatic carbocycles. The number of benzene rings is 2. The second kappa shape index (κ2) is 8.67. The quantitative estimate of drug-likeness (QED) is 0.728. The first-order chi connectivity index (χ1) is 13.7. The minimum Gasteiger partial charge on any atom is -0.306 e. The molecule has 1 aliphatic rings. The van der Waals surface area contributed by atoms with Crippen LogP contribution in [-0.2, 0) is 10.0 Å². The standard InChI is InChI=1S/C23H30N2O3S/c1-17(2)25(21-10-6-5-7-11-21)23(26)20-9-8-12-22(14-20)29(27,28)24-15-18(3)13-19(4)16-24/h5-12,14,17-19H,13,15-16H2,1-4H3. The zero-order valence-corrected chi connectivity index (χ0v) is 18.4. The Labute approximate surface area is 174 Å². The lowest BCUT2D eigenvalue weighted by atomic mass is 9.94. The Morgan fingerprint density at radius 3 is 2.21 bits per heavy atom. The average molecular weight is 415 g/mol. The Kier molecular flexibility index (Phi) is 6.44. The Morgan fingerprint density at radius 2 is 1.62 bits per heavy atom. The minimum absolute atomic E-state index is 0.0612. The normalized spacial score (nSPS) is 20.6. The fourth-order valence-corrected chi connectivity index (χ4v) is 5.84. The van der Waals surface area contributed by atoms with E-state index in [4.69, 9.17) is 0 Å². The third kappa shape index (κ3) is 4.70. The summed E-state index contributed by atoms with van der Waals surface area (Å²) >= 11 is 0. The van der Waals surface area contributed by atoms with Crippen LogP contribution in [0.25, 0.3) is 0 Å². The molecule has 5 nitrogen and oxygen atoms in total. The molecular weight excluding hydrogens is 384 g/mol. The molecule has 2 aromatic carbocycles. The van der Waals surface area contributed by atoms with Gasteiger partial charge in [-0.15, -0.1) is 0 Å². The molecule has 0 radical (unpaired) electrons. The lowest BCUT2D eigenvalue weighted by Gasteiger charge is -2.34. The topological polar surface area (TPSA) is 57.7 Å². The molecule has 2 aromatic rings. The highest BCUT2D eigenvalue weighted by Gasteiger charge is 2.32. The number of hydrogen-bond donors (Lipinski definition) is 0. The Hall–Kier alpha value is -2.18. The van der Waals surface area contributed by atoms with Crippen molar-refractivity contribution in [3.05, 3.63) is 60.2 Å². The van der Waals surface area contributed by atoms with Crippen LogP contribution >= 0.6 is 0 Å². The monoisotopic (exact) mass is 414 g/mol. The van der Waals surface area contributed by atoms with E-state index in [-0.39, 0.29) is 16.8 Å². The van der Waals surface area contributed by atoms with Crippen LogP contribution in [0.3, 0.4) is 0 Å². The lowest BCUT2D eigenvalue weighted by molar-refractivity contribution is 0.0980. The Morgan fingerprint density at radius 1 is 1.00 bits per heavy atom. The number of nitrogens with zero attached hydrogens (tertiary/aromatic N) is 2. The summed E-state index contributed by atoms with van der Waals surface area (Å²) in [6, 6.07) is 15.8. The maximum Gasteiger partial charge on any atom is 0.258 e. The summed E-state index contributed by atoms with van der Waals surface area (Å²) in [5.41, 5.74) is 1.17. The third-order valence-corrected chi connectivity index (χ3v) is 7.15. The van der Waals surface area contributed by atoms with Crippen molar-refractivity contribution in [3.8, 4) is 0 Å². The van der Waals surface area contributed by atoms with E-state index in [0.29, 0.717) is 30.5 Å². The van der Waals surface area contributed by atoms with Crippen molar-refractivity contribution in [3.63, 3.8) is 0 Å². The smallest absolute Gasteiger partial charge is 0.258 e. The van der Waals surface area contributed by atoms with E-state index in [0.717, 1.165) is 12.1 Å². The highest BCUT2D eigenvalue weighted by Crippen LogP contribution is 2.28. The van der Waals surface area contributed by atoms with Crippen LogP contribution in [0.5, 0.6) is 0 Å². The summed E-state index contributed by atoms with van der Waals surface area (Å²) in [5.74, 6) is 0.448. The van der Waals surface area contributed by atoms with E-state index >= 15 is 0 Å². The van der Waals surface area contributed by atoms with Gasteiger partial charge in [0, 0.05) is 30.4 Å². The molecule has 1 heterocycles. The number of hydrogen-bond acceptors (Lipinski definition) is 3. The summed E-state index contributed by atoms with van der Waals surface area (Å²) in [4.78, 5) is 15.1. The van der Waals surface area contributed by atoms with Crippen molar-refractivity contribution in [1.82, 2.24) is 4.31 Å². The van der Waals surface area contributed by atoms with Gasteiger partial charge in [-0.3, -0.25) is 4.79 Å². The number of carbonyl (C=O) groups excluding carboxylic acids is 1. The molecule has 1 fully saturated rings. The van der Waals surface area contributed by atoms with Gasteiger partial charge in [-0.25, -0.2) is 8.42 Å². The number of para-hydroxylation sites is 1. The molecule has 2 atom stereocenters. The highest BCUT2D eigenvalue weighted by atomic mass is 32.2.